The van der Waals surface area contributed by atoms with Gasteiger partial charge in [0.1, 0.15) is 0 Å². The Hall–Kier alpha value is -0.770. The monoisotopic (exact) mass is 135 g/mol. The number of nitriles is 1. The zero-order valence-corrected chi connectivity index (χ0v) is 6.43. The Morgan fingerprint density at radius 2 is 2.30 bits per heavy atom. The number of nitrogens with zero attached hydrogens (tertiary/aromatic N) is 1. The van der Waals surface area contributed by atoms with Gasteiger partial charge in [0.15, 0.2) is 0 Å². The van der Waals surface area contributed by atoms with Gasteiger partial charge in [-0.05, 0) is 25.7 Å². The molecule has 1 nitrogen and oxygen atoms in total. The summed E-state index contributed by atoms with van der Waals surface area (Å²) in [5.74, 6) is 0. The minimum absolute atomic E-state index is 0.0595. The summed E-state index contributed by atoms with van der Waals surface area (Å²) in [5, 5.41) is 8.76. The third-order valence-corrected chi connectivity index (χ3v) is 2.14. The van der Waals surface area contributed by atoms with Crippen molar-refractivity contribution in [3.05, 3.63) is 12.2 Å². The predicted octanol–water partition coefficient (Wildman–Crippen LogP) is 2.65. The van der Waals surface area contributed by atoms with E-state index in [0.29, 0.717) is 0 Å². The normalized spacial score (nSPS) is 22.0. The van der Waals surface area contributed by atoms with Crippen molar-refractivity contribution in [2.45, 2.75) is 32.6 Å². The highest BCUT2D eigenvalue weighted by atomic mass is 14.4. The van der Waals surface area contributed by atoms with Crippen LogP contribution in [-0.4, -0.2) is 0 Å². The minimum atomic E-state index is -0.0595. The number of hydrogen-bond acceptors (Lipinski definition) is 1. The van der Waals surface area contributed by atoms with Gasteiger partial charge in [-0.1, -0.05) is 19.1 Å². The van der Waals surface area contributed by atoms with E-state index in [1.165, 1.54) is 6.42 Å². The van der Waals surface area contributed by atoms with Gasteiger partial charge < -0.3 is 0 Å². The van der Waals surface area contributed by atoms with Crippen LogP contribution in [0.25, 0.3) is 0 Å². The SMILES string of the molecule is CC/C=C/C1(C#N)CCC1. The van der Waals surface area contributed by atoms with Crippen molar-refractivity contribution in [3.8, 4) is 6.07 Å². The molecule has 0 radical (unpaired) electrons. The van der Waals surface area contributed by atoms with Crippen LogP contribution in [-0.2, 0) is 0 Å². The Morgan fingerprint density at radius 3 is 2.60 bits per heavy atom. The van der Waals surface area contributed by atoms with Crippen molar-refractivity contribution in [3.63, 3.8) is 0 Å². The molecular weight excluding hydrogens is 122 g/mol. The molecule has 1 aliphatic rings. The summed E-state index contributed by atoms with van der Waals surface area (Å²) < 4.78 is 0. The van der Waals surface area contributed by atoms with Gasteiger partial charge in [0.25, 0.3) is 0 Å². The van der Waals surface area contributed by atoms with E-state index in [2.05, 4.69) is 25.1 Å². The molecule has 0 aromatic carbocycles. The van der Waals surface area contributed by atoms with Gasteiger partial charge in [-0.25, -0.2) is 0 Å². The van der Waals surface area contributed by atoms with Crippen LogP contribution in [0.1, 0.15) is 32.6 Å². The van der Waals surface area contributed by atoms with Crippen molar-refractivity contribution in [2.75, 3.05) is 0 Å². The Kier molecular flexibility index (Phi) is 2.11. The third kappa shape index (κ3) is 1.21. The van der Waals surface area contributed by atoms with Crippen LogP contribution in [0.15, 0.2) is 12.2 Å². The van der Waals surface area contributed by atoms with Crippen molar-refractivity contribution < 1.29 is 0 Å². The standard InChI is InChI=1S/C9H13N/c1-2-3-5-9(8-10)6-4-7-9/h3,5H,2,4,6-7H2,1H3/b5-3+. The van der Waals surface area contributed by atoms with Gasteiger partial charge in [0, 0.05) is 0 Å². The van der Waals surface area contributed by atoms with E-state index in [4.69, 9.17) is 5.26 Å². The van der Waals surface area contributed by atoms with Crippen LogP contribution >= 0.6 is 0 Å². The van der Waals surface area contributed by atoms with Crippen molar-refractivity contribution in [1.29, 1.82) is 5.26 Å². The summed E-state index contributed by atoms with van der Waals surface area (Å²) in [6, 6.07) is 2.36. The van der Waals surface area contributed by atoms with Crippen LogP contribution in [0, 0.1) is 16.7 Å². The van der Waals surface area contributed by atoms with Gasteiger partial charge in [-0.3, -0.25) is 0 Å². The summed E-state index contributed by atoms with van der Waals surface area (Å²) in [4.78, 5) is 0. The Bertz CT molecular complexity index is 170. The lowest BCUT2D eigenvalue weighted by Gasteiger charge is -2.31. The highest BCUT2D eigenvalue weighted by molar-refractivity contribution is 5.16. The van der Waals surface area contributed by atoms with E-state index >= 15 is 0 Å². The molecule has 0 bridgehead atoms. The second-order valence-corrected chi connectivity index (χ2v) is 2.93. The molecule has 0 aromatic rings. The first-order chi connectivity index (χ1) is 4.83. The lowest BCUT2D eigenvalue weighted by atomic mass is 9.70. The van der Waals surface area contributed by atoms with E-state index in [1.54, 1.807) is 0 Å². The highest BCUT2D eigenvalue weighted by Gasteiger charge is 2.33. The first kappa shape index (κ1) is 7.34. The van der Waals surface area contributed by atoms with Crippen LogP contribution in [0.2, 0.25) is 0 Å². The first-order valence-corrected chi connectivity index (χ1v) is 3.92. The summed E-state index contributed by atoms with van der Waals surface area (Å²) in [5.41, 5.74) is -0.0595. The second kappa shape index (κ2) is 2.88. The van der Waals surface area contributed by atoms with Gasteiger partial charge >= 0.3 is 0 Å². The van der Waals surface area contributed by atoms with E-state index < -0.39 is 0 Å². The number of rotatable bonds is 2. The molecule has 0 amide bonds. The summed E-state index contributed by atoms with van der Waals surface area (Å²) in [6.07, 6.45) is 8.59. The van der Waals surface area contributed by atoms with E-state index in [-0.39, 0.29) is 5.41 Å². The number of hydrogen-bond donors (Lipinski definition) is 0. The molecule has 0 saturated heterocycles. The van der Waals surface area contributed by atoms with E-state index in [1.807, 2.05) is 0 Å². The predicted molar refractivity (Wildman–Crippen MR) is 41.3 cm³/mol. The van der Waals surface area contributed by atoms with Gasteiger partial charge in [-0.2, -0.15) is 5.26 Å². The molecule has 54 valence electrons. The lowest BCUT2D eigenvalue weighted by molar-refractivity contribution is 0.287. The topological polar surface area (TPSA) is 23.8 Å². The molecule has 0 unspecified atom stereocenters. The second-order valence-electron chi connectivity index (χ2n) is 2.93. The molecule has 1 heteroatoms. The third-order valence-electron chi connectivity index (χ3n) is 2.14. The largest absolute Gasteiger partial charge is 0.197 e. The average molecular weight is 135 g/mol. The minimum Gasteiger partial charge on any atom is -0.197 e. The quantitative estimate of drug-likeness (QED) is 0.534. The molecule has 0 aliphatic heterocycles. The number of allylic oxidation sites excluding steroid dienone is 2. The maximum Gasteiger partial charge on any atom is 0.0753 e. The van der Waals surface area contributed by atoms with Gasteiger partial charge in [0.2, 0.25) is 0 Å². The fraction of sp³-hybridized carbons (Fsp3) is 0.667. The molecule has 0 heterocycles. The summed E-state index contributed by atoms with van der Waals surface area (Å²) in [6.45, 7) is 2.10. The van der Waals surface area contributed by atoms with Crippen LogP contribution < -0.4 is 0 Å². The van der Waals surface area contributed by atoms with E-state index in [0.717, 1.165) is 19.3 Å². The molecule has 0 N–H and O–H groups in total. The van der Waals surface area contributed by atoms with E-state index in [9.17, 15) is 0 Å². The zero-order valence-electron chi connectivity index (χ0n) is 6.43. The average Bonchev–Trinajstić information content (AvgIpc) is 1.87. The molecule has 1 rings (SSSR count). The Labute approximate surface area is 62.4 Å². The molecule has 10 heavy (non-hydrogen) atoms. The fourth-order valence-electron chi connectivity index (χ4n) is 1.22. The summed E-state index contributed by atoms with van der Waals surface area (Å²) in [7, 11) is 0. The molecular formula is C9H13N. The molecule has 0 aromatic heterocycles. The van der Waals surface area contributed by atoms with Crippen LogP contribution in [0.3, 0.4) is 0 Å². The van der Waals surface area contributed by atoms with Crippen molar-refractivity contribution in [1.82, 2.24) is 0 Å². The molecule has 0 spiro atoms. The fourth-order valence-corrected chi connectivity index (χ4v) is 1.22. The smallest absolute Gasteiger partial charge is 0.0753 e. The lowest BCUT2D eigenvalue weighted by Crippen LogP contribution is -2.24. The van der Waals surface area contributed by atoms with Crippen LogP contribution in [0.4, 0.5) is 0 Å². The van der Waals surface area contributed by atoms with Gasteiger partial charge in [0.05, 0.1) is 11.5 Å². The maximum absolute atomic E-state index is 8.76. The highest BCUT2D eigenvalue weighted by Crippen LogP contribution is 2.41. The molecule has 1 saturated carbocycles. The Balaban J connectivity index is 2.51. The van der Waals surface area contributed by atoms with Crippen molar-refractivity contribution >= 4 is 0 Å². The summed E-state index contributed by atoms with van der Waals surface area (Å²) >= 11 is 0. The molecule has 0 atom stereocenters. The molecule has 1 aliphatic carbocycles. The van der Waals surface area contributed by atoms with Crippen molar-refractivity contribution in [2.24, 2.45) is 5.41 Å². The Morgan fingerprint density at radius 1 is 1.60 bits per heavy atom. The van der Waals surface area contributed by atoms with Gasteiger partial charge in [-0.15, -0.1) is 0 Å². The van der Waals surface area contributed by atoms with Crippen LogP contribution in [0.5, 0.6) is 0 Å². The first-order valence-electron chi connectivity index (χ1n) is 3.92. The zero-order chi connectivity index (χ0) is 7.45. The molecule has 1 fully saturated rings. The maximum atomic E-state index is 8.76.